The summed E-state index contributed by atoms with van der Waals surface area (Å²) < 4.78 is 32.6. The van der Waals surface area contributed by atoms with Crippen LogP contribution in [0.1, 0.15) is 68.2 Å². The molecule has 39 heavy (non-hydrogen) atoms. The lowest BCUT2D eigenvalue weighted by Gasteiger charge is -2.43. The summed E-state index contributed by atoms with van der Waals surface area (Å²) in [6, 6.07) is 13.3. The lowest BCUT2D eigenvalue weighted by atomic mass is 9.81. The number of nitrogens with zero attached hydrogens (tertiary/aromatic N) is 4. The number of aryl methyl sites for hydroxylation is 2. The summed E-state index contributed by atoms with van der Waals surface area (Å²) in [5.74, 6) is -0.747. The Labute approximate surface area is 232 Å². The Bertz CT molecular complexity index is 1310. The van der Waals surface area contributed by atoms with E-state index in [0.717, 1.165) is 36.1 Å². The molecule has 3 N–H and O–H groups in total. The standard InChI is InChI=1S/C29H40N4O5S/c1-6-13-32-18-25(30-31-32)19-38-27(29(4,5)28(34)35)23-12-11-21(3)24(15-23)17-33-16-20(2)14-22-9-7-8-10-26(22)39(33,36)37/h7-12,15,18,20,27,36-37H,6,13-14,16-17,19H2,1-5H3,(H,34,35)/t20-,27+/m0/s1. The molecule has 0 fully saturated rings. The van der Waals surface area contributed by atoms with Crippen LogP contribution in [0.3, 0.4) is 0 Å². The van der Waals surface area contributed by atoms with Crippen molar-refractivity contribution in [1.82, 2.24) is 19.3 Å². The van der Waals surface area contributed by atoms with Crippen LogP contribution in [0.15, 0.2) is 53.6 Å². The van der Waals surface area contributed by atoms with Gasteiger partial charge in [-0.3, -0.25) is 18.6 Å². The van der Waals surface area contributed by atoms with Crippen molar-refractivity contribution >= 4 is 16.7 Å². The first-order chi connectivity index (χ1) is 18.4. The molecule has 1 aliphatic rings. The van der Waals surface area contributed by atoms with Gasteiger partial charge in [0.05, 0.1) is 29.2 Å². The predicted octanol–water partition coefficient (Wildman–Crippen LogP) is 6.08. The Morgan fingerprint density at radius 1 is 1.23 bits per heavy atom. The molecule has 0 amide bonds. The lowest BCUT2D eigenvalue weighted by Crippen LogP contribution is -2.33. The zero-order chi connectivity index (χ0) is 28.4. The minimum atomic E-state index is -3.20. The van der Waals surface area contributed by atoms with E-state index in [1.807, 2.05) is 49.5 Å². The second kappa shape index (κ2) is 11.8. The first kappa shape index (κ1) is 29.2. The van der Waals surface area contributed by atoms with Crippen LogP contribution < -0.4 is 0 Å². The largest absolute Gasteiger partial charge is 0.481 e. The summed E-state index contributed by atoms with van der Waals surface area (Å²) in [7, 11) is -3.20. The van der Waals surface area contributed by atoms with E-state index in [1.165, 1.54) is 0 Å². The van der Waals surface area contributed by atoms with Crippen LogP contribution in [0.4, 0.5) is 0 Å². The fourth-order valence-corrected chi connectivity index (χ4v) is 6.91. The molecule has 1 aliphatic heterocycles. The number of fused-ring (bicyclic) bond motifs is 1. The Morgan fingerprint density at radius 3 is 2.69 bits per heavy atom. The van der Waals surface area contributed by atoms with Gasteiger partial charge in [-0.1, -0.05) is 55.5 Å². The molecule has 1 aromatic heterocycles. The third-order valence-electron chi connectivity index (χ3n) is 7.38. The number of aliphatic carboxylic acids is 1. The molecule has 0 aliphatic carbocycles. The molecule has 10 heteroatoms. The van der Waals surface area contributed by atoms with Crippen molar-refractivity contribution in [2.24, 2.45) is 11.3 Å². The van der Waals surface area contributed by atoms with Crippen molar-refractivity contribution in [2.75, 3.05) is 6.54 Å². The van der Waals surface area contributed by atoms with Crippen molar-refractivity contribution in [3.05, 3.63) is 76.6 Å². The fraction of sp³-hybridized carbons (Fsp3) is 0.483. The van der Waals surface area contributed by atoms with Crippen LogP contribution >= 0.6 is 10.8 Å². The number of hydrogen-bond acceptors (Lipinski definition) is 7. The molecule has 4 rings (SSSR count). The van der Waals surface area contributed by atoms with E-state index in [9.17, 15) is 19.0 Å². The zero-order valence-electron chi connectivity index (χ0n) is 23.4. The summed E-state index contributed by atoms with van der Waals surface area (Å²) in [5, 5.41) is 18.3. The number of carboxylic acid groups (broad SMARTS) is 1. The SMILES string of the molecule is CCCn1cc(CO[C@H](c2ccc(C)c(CN3C[C@@H](C)Cc4ccccc4S3(O)O)c2)C(C)(C)C(=O)O)nn1. The third kappa shape index (κ3) is 6.36. The van der Waals surface area contributed by atoms with E-state index in [1.54, 1.807) is 28.9 Å². The summed E-state index contributed by atoms with van der Waals surface area (Å²) in [5.41, 5.74) is 2.95. The molecule has 212 valence electrons. The number of carbonyl (C=O) groups is 1. The van der Waals surface area contributed by atoms with E-state index in [4.69, 9.17) is 4.74 Å². The van der Waals surface area contributed by atoms with Crippen LogP contribution in [0.5, 0.6) is 0 Å². The average Bonchev–Trinajstić information content (AvgIpc) is 3.29. The van der Waals surface area contributed by atoms with E-state index in [2.05, 4.69) is 24.2 Å². The molecule has 9 nitrogen and oxygen atoms in total. The molecule has 2 aromatic carbocycles. The number of ether oxygens (including phenoxy) is 1. The molecule has 3 aromatic rings. The van der Waals surface area contributed by atoms with Gasteiger partial charge in [-0.2, -0.15) is 4.31 Å². The third-order valence-corrected chi connectivity index (χ3v) is 9.36. The number of benzene rings is 2. The smallest absolute Gasteiger partial charge is 0.312 e. The van der Waals surface area contributed by atoms with Gasteiger partial charge in [0.15, 0.2) is 0 Å². The molecule has 0 saturated carbocycles. The van der Waals surface area contributed by atoms with Crippen LogP contribution in [-0.4, -0.2) is 46.0 Å². The number of aromatic nitrogens is 3. The highest BCUT2D eigenvalue weighted by Gasteiger charge is 2.40. The highest BCUT2D eigenvalue weighted by molar-refractivity contribution is 8.22. The number of carboxylic acids is 1. The summed E-state index contributed by atoms with van der Waals surface area (Å²) in [6.07, 6.45) is 2.75. The molecular formula is C29H40N4O5S. The second-order valence-corrected chi connectivity index (χ2v) is 13.1. The van der Waals surface area contributed by atoms with E-state index < -0.39 is 28.3 Å². The molecule has 2 heterocycles. The maximum atomic E-state index is 12.3. The minimum absolute atomic E-state index is 0.120. The Hall–Kier alpha value is -2.76. The molecule has 0 saturated heterocycles. The van der Waals surface area contributed by atoms with Crippen molar-refractivity contribution in [1.29, 1.82) is 0 Å². The van der Waals surface area contributed by atoms with Gasteiger partial charge in [-0.15, -0.1) is 15.9 Å². The van der Waals surface area contributed by atoms with Crippen molar-refractivity contribution < 1.29 is 23.7 Å². The van der Waals surface area contributed by atoms with Crippen molar-refractivity contribution in [3.8, 4) is 0 Å². The molecule has 0 bridgehead atoms. The van der Waals surface area contributed by atoms with Gasteiger partial charge in [0.1, 0.15) is 5.69 Å². The number of hydrogen-bond donors (Lipinski definition) is 3. The maximum absolute atomic E-state index is 12.3. The quantitative estimate of drug-likeness (QED) is 0.275. The summed E-state index contributed by atoms with van der Waals surface area (Å²) in [4.78, 5) is 12.9. The van der Waals surface area contributed by atoms with Crippen LogP contribution in [0, 0.1) is 18.3 Å². The van der Waals surface area contributed by atoms with E-state index >= 15 is 0 Å². The first-order valence-electron chi connectivity index (χ1n) is 13.4. The minimum Gasteiger partial charge on any atom is -0.481 e. The van der Waals surface area contributed by atoms with Crippen LogP contribution in [0.25, 0.3) is 0 Å². The first-order valence-corrected chi connectivity index (χ1v) is 14.9. The maximum Gasteiger partial charge on any atom is 0.312 e. The average molecular weight is 557 g/mol. The second-order valence-electron chi connectivity index (χ2n) is 11.1. The number of rotatable bonds is 10. The van der Waals surface area contributed by atoms with Gasteiger partial charge in [-0.25, -0.2) is 0 Å². The molecule has 2 atom stereocenters. The fourth-order valence-electron chi connectivity index (χ4n) is 5.08. The summed E-state index contributed by atoms with van der Waals surface area (Å²) in [6.45, 7) is 11.2. The monoisotopic (exact) mass is 556 g/mol. The zero-order valence-corrected chi connectivity index (χ0v) is 24.2. The van der Waals surface area contributed by atoms with Crippen molar-refractivity contribution in [3.63, 3.8) is 0 Å². The van der Waals surface area contributed by atoms with Crippen LogP contribution in [-0.2, 0) is 35.6 Å². The Morgan fingerprint density at radius 2 is 1.97 bits per heavy atom. The topological polar surface area (TPSA) is 121 Å². The van der Waals surface area contributed by atoms with E-state index in [0.29, 0.717) is 29.2 Å². The van der Waals surface area contributed by atoms with Gasteiger partial charge in [0, 0.05) is 19.6 Å². The van der Waals surface area contributed by atoms with Gasteiger partial charge >= 0.3 is 5.97 Å². The highest BCUT2D eigenvalue weighted by Crippen LogP contribution is 2.56. The van der Waals surface area contributed by atoms with Gasteiger partial charge in [0.2, 0.25) is 0 Å². The van der Waals surface area contributed by atoms with Gasteiger partial charge in [0.25, 0.3) is 0 Å². The van der Waals surface area contributed by atoms with Crippen LogP contribution in [0.2, 0.25) is 0 Å². The molecule has 0 spiro atoms. The Balaban J connectivity index is 1.64. The molecule has 0 radical (unpaired) electrons. The predicted molar refractivity (Wildman–Crippen MR) is 151 cm³/mol. The summed E-state index contributed by atoms with van der Waals surface area (Å²) >= 11 is 0. The Kier molecular flexibility index (Phi) is 8.82. The van der Waals surface area contributed by atoms with Crippen molar-refractivity contribution in [2.45, 2.75) is 78.2 Å². The molecular weight excluding hydrogens is 516 g/mol. The van der Waals surface area contributed by atoms with Gasteiger partial charge < -0.3 is 9.84 Å². The highest BCUT2D eigenvalue weighted by atomic mass is 32.3. The normalized spacial score (nSPS) is 19.2. The van der Waals surface area contributed by atoms with Gasteiger partial charge in [-0.05, 0) is 67.9 Å². The molecule has 0 unspecified atom stereocenters. The van der Waals surface area contributed by atoms with E-state index in [-0.39, 0.29) is 12.5 Å². The lowest BCUT2D eigenvalue weighted by molar-refractivity contribution is -0.158.